The summed E-state index contributed by atoms with van der Waals surface area (Å²) in [4.78, 5) is 15.4. The van der Waals surface area contributed by atoms with Crippen molar-refractivity contribution in [1.29, 1.82) is 0 Å². The molecule has 0 amide bonds. The molecule has 2 heterocycles. The number of benzene rings is 6. The summed E-state index contributed by atoms with van der Waals surface area (Å²) in [6.45, 7) is 0. The third-order valence-electron chi connectivity index (χ3n) is 10.5. The average molecular weight is 656 g/mol. The molecule has 0 saturated heterocycles. The Balaban J connectivity index is 1.14. The van der Waals surface area contributed by atoms with E-state index in [1.165, 1.54) is 38.6 Å². The molecule has 2 aliphatic rings. The molecule has 10 rings (SSSR count). The van der Waals surface area contributed by atoms with Gasteiger partial charge in [0.05, 0.1) is 0 Å². The van der Waals surface area contributed by atoms with Gasteiger partial charge in [0, 0.05) is 33.4 Å². The minimum absolute atomic E-state index is 0.159. The molecule has 0 spiro atoms. The quantitative estimate of drug-likeness (QED) is 0.185. The first-order valence-corrected chi connectivity index (χ1v) is 17.7. The van der Waals surface area contributed by atoms with Gasteiger partial charge >= 0.3 is 0 Å². The van der Waals surface area contributed by atoms with Crippen LogP contribution in [0.25, 0.3) is 72.7 Å². The van der Waals surface area contributed by atoms with Crippen LogP contribution >= 0.6 is 0 Å². The van der Waals surface area contributed by atoms with E-state index in [4.69, 9.17) is 19.4 Å². The van der Waals surface area contributed by atoms with Gasteiger partial charge in [0.2, 0.25) is 0 Å². The molecule has 0 bridgehead atoms. The first-order valence-electron chi connectivity index (χ1n) is 17.7. The van der Waals surface area contributed by atoms with Crippen LogP contribution in [0.5, 0.6) is 0 Å². The van der Waals surface area contributed by atoms with Crippen LogP contribution in [0.3, 0.4) is 0 Å². The van der Waals surface area contributed by atoms with E-state index in [9.17, 15) is 0 Å². The summed E-state index contributed by atoms with van der Waals surface area (Å²) < 4.78 is 6.77. The van der Waals surface area contributed by atoms with E-state index in [1.807, 2.05) is 24.3 Å². The summed E-state index contributed by atoms with van der Waals surface area (Å²) in [7, 11) is 0. The van der Waals surface area contributed by atoms with Crippen LogP contribution in [0, 0.1) is 0 Å². The van der Waals surface area contributed by atoms with Crippen LogP contribution in [0.2, 0.25) is 0 Å². The van der Waals surface area contributed by atoms with E-state index in [0.29, 0.717) is 17.5 Å². The van der Waals surface area contributed by atoms with E-state index in [2.05, 4.69) is 133 Å². The van der Waals surface area contributed by atoms with Crippen molar-refractivity contribution in [2.75, 3.05) is 0 Å². The lowest BCUT2D eigenvalue weighted by Gasteiger charge is -2.22. The summed E-state index contributed by atoms with van der Waals surface area (Å²) in [5.41, 5.74) is 11.2. The highest BCUT2D eigenvalue weighted by atomic mass is 16.3. The highest BCUT2D eigenvalue weighted by Crippen LogP contribution is 2.43. The molecule has 2 aromatic heterocycles. The summed E-state index contributed by atoms with van der Waals surface area (Å²) in [5.74, 6) is 2.19. The second-order valence-corrected chi connectivity index (χ2v) is 13.5. The minimum atomic E-state index is 0.159. The maximum absolute atomic E-state index is 6.77. The second-order valence-electron chi connectivity index (χ2n) is 13.5. The zero-order chi connectivity index (χ0) is 33.7. The van der Waals surface area contributed by atoms with Crippen molar-refractivity contribution in [3.63, 3.8) is 0 Å². The highest BCUT2D eigenvalue weighted by molar-refractivity contribution is 6.13. The van der Waals surface area contributed by atoms with Crippen LogP contribution in [-0.4, -0.2) is 15.0 Å². The predicted octanol–water partition coefficient (Wildman–Crippen LogP) is 11.9. The Labute approximate surface area is 296 Å². The molecule has 6 aromatic carbocycles. The molecule has 0 N–H and O–H groups in total. The topological polar surface area (TPSA) is 51.8 Å². The zero-order valence-corrected chi connectivity index (χ0v) is 28.0. The number of hydrogen-bond donors (Lipinski definition) is 0. The fourth-order valence-electron chi connectivity index (χ4n) is 7.86. The van der Waals surface area contributed by atoms with E-state index < -0.39 is 0 Å². The number of allylic oxidation sites excluding steroid dienone is 5. The predicted molar refractivity (Wildman–Crippen MR) is 209 cm³/mol. The van der Waals surface area contributed by atoms with Crippen LogP contribution in [0.1, 0.15) is 46.8 Å². The largest absolute Gasteiger partial charge is 0.456 e. The van der Waals surface area contributed by atoms with E-state index in [1.54, 1.807) is 0 Å². The Kier molecular flexibility index (Phi) is 7.05. The lowest BCUT2D eigenvalue weighted by atomic mass is 9.82. The Morgan fingerprint density at radius 1 is 0.549 bits per heavy atom. The van der Waals surface area contributed by atoms with Crippen molar-refractivity contribution in [3.8, 4) is 22.8 Å². The summed E-state index contributed by atoms with van der Waals surface area (Å²) >= 11 is 0. The number of hydrogen-bond acceptors (Lipinski definition) is 4. The van der Waals surface area contributed by atoms with Gasteiger partial charge < -0.3 is 4.42 Å². The lowest BCUT2D eigenvalue weighted by molar-refractivity contribution is 0.656. The SMILES string of the molecule is C1=CC(c2ccc(-c3nc(C4=CC=C(c5ccccc5)CC4)nc(-c4ccccc4)n3)c3c2oc2ccccc23)Cc2c1ccc1ccccc21. The summed E-state index contributed by atoms with van der Waals surface area (Å²) in [6, 6.07) is 46.7. The van der Waals surface area contributed by atoms with Gasteiger partial charge in [0.25, 0.3) is 0 Å². The average Bonchev–Trinajstić information content (AvgIpc) is 3.61. The first-order chi connectivity index (χ1) is 25.3. The third kappa shape index (κ3) is 5.19. The smallest absolute Gasteiger partial charge is 0.164 e. The second kappa shape index (κ2) is 12.2. The van der Waals surface area contributed by atoms with Gasteiger partial charge in [-0.3, -0.25) is 0 Å². The summed E-state index contributed by atoms with van der Waals surface area (Å²) in [6.07, 6.45) is 11.7. The Hall–Kier alpha value is -6.39. The maximum atomic E-state index is 6.77. The zero-order valence-electron chi connectivity index (χ0n) is 28.0. The van der Waals surface area contributed by atoms with Crippen LogP contribution in [-0.2, 0) is 6.42 Å². The highest BCUT2D eigenvalue weighted by Gasteiger charge is 2.25. The molecule has 1 unspecified atom stereocenters. The first kappa shape index (κ1) is 29.5. The molecule has 8 aromatic rings. The fraction of sp³-hybridized carbons (Fsp3) is 0.0851. The molecule has 4 nitrogen and oxygen atoms in total. The summed E-state index contributed by atoms with van der Waals surface area (Å²) in [5, 5.41) is 4.69. The molecular formula is C47H33N3O. The van der Waals surface area contributed by atoms with Gasteiger partial charge in [-0.2, -0.15) is 0 Å². The number of para-hydroxylation sites is 1. The van der Waals surface area contributed by atoms with Gasteiger partial charge in [0.1, 0.15) is 11.2 Å². The molecule has 0 saturated carbocycles. The molecule has 0 aliphatic heterocycles. The van der Waals surface area contributed by atoms with E-state index >= 15 is 0 Å². The molecule has 0 fully saturated rings. The number of fused-ring (bicyclic) bond motifs is 6. The normalized spacial score (nSPS) is 15.6. The standard InChI is InChI=1S/C47H33N3O/c1-3-11-30(12-4-1)31-19-24-35(25-20-31)46-48-45(34-14-5-2-6-15-34)49-47(50-46)40-28-27-38(44-43(40)39-17-9-10-18-42(39)51-44)36-26-23-33-22-21-32-13-7-8-16-37(32)41(33)29-36/h1-19,21-24,26-28,36H,20,25,29H2. The lowest BCUT2D eigenvalue weighted by Crippen LogP contribution is -2.07. The molecule has 242 valence electrons. The number of rotatable bonds is 5. The maximum Gasteiger partial charge on any atom is 0.164 e. The number of aromatic nitrogens is 3. The Bertz CT molecular complexity index is 2720. The number of nitrogens with zero attached hydrogens (tertiary/aromatic N) is 3. The van der Waals surface area contributed by atoms with Gasteiger partial charge in [0.15, 0.2) is 17.5 Å². The monoisotopic (exact) mass is 655 g/mol. The van der Waals surface area contributed by atoms with Crippen molar-refractivity contribution >= 4 is 49.9 Å². The van der Waals surface area contributed by atoms with E-state index in [0.717, 1.165) is 57.9 Å². The molecule has 2 aliphatic carbocycles. The fourth-order valence-corrected chi connectivity index (χ4v) is 7.86. The van der Waals surface area contributed by atoms with Gasteiger partial charge in [-0.1, -0.05) is 146 Å². The van der Waals surface area contributed by atoms with Crippen molar-refractivity contribution in [2.24, 2.45) is 0 Å². The molecule has 0 radical (unpaired) electrons. The van der Waals surface area contributed by atoms with Gasteiger partial charge in [-0.15, -0.1) is 0 Å². The molecular weight excluding hydrogens is 623 g/mol. The van der Waals surface area contributed by atoms with Crippen LogP contribution < -0.4 is 0 Å². The van der Waals surface area contributed by atoms with Crippen molar-refractivity contribution in [1.82, 2.24) is 15.0 Å². The van der Waals surface area contributed by atoms with E-state index in [-0.39, 0.29) is 5.92 Å². The van der Waals surface area contributed by atoms with Crippen LogP contribution in [0.4, 0.5) is 0 Å². The van der Waals surface area contributed by atoms with Crippen molar-refractivity contribution < 1.29 is 4.42 Å². The Morgan fingerprint density at radius 2 is 1.24 bits per heavy atom. The minimum Gasteiger partial charge on any atom is -0.456 e. The van der Waals surface area contributed by atoms with Crippen molar-refractivity contribution in [3.05, 3.63) is 180 Å². The van der Waals surface area contributed by atoms with Crippen LogP contribution in [0.15, 0.2) is 156 Å². The van der Waals surface area contributed by atoms with Crippen molar-refractivity contribution in [2.45, 2.75) is 25.2 Å². The van der Waals surface area contributed by atoms with Gasteiger partial charge in [-0.25, -0.2) is 15.0 Å². The third-order valence-corrected chi connectivity index (χ3v) is 10.5. The number of furan rings is 1. The molecule has 51 heavy (non-hydrogen) atoms. The van der Waals surface area contributed by atoms with Gasteiger partial charge in [-0.05, 0) is 70.0 Å². The molecule has 1 atom stereocenters. The Morgan fingerprint density at radius 3 is 2.06 bits per heavy atom. The molecule has 4 heteroatoms.